The summed E-state index contributed by atoms with van der Waals surface area (Å²) in [7, 11) is 1.22. The zero-order chi connectivity index (χ0) is 38.3. The molecule has 288 valence electrons. The molecule has 1 amide bonds. The quantitative estimate of drug-likeness (QED) is 0.179. The molecule has 1 aromatic heterocycles. The van der Waals surface area contributed by atoms with Crippen LogP contribution >= 0.6 is 11.6 Å². The molecule has 3 aliphatic rings. The molecule has 5 rings (SSSR count). The van der Waals surface area contributed by atoms with E-state index in [-0.39, 0.29) is 6.61 Å². The Labute approximate surface area is 306 Å². The number of nitrogens with zero attached hydrogens (tertiary/aromatic N) is 4. The number of β-amino-alcohol motifs (C(OH)–C–C–N with tert-alkyl or cyclic N) is 1. The van der Waals surface area contributed by atoms with Gasteiger partial charge in [-0.25, -0.2) is 14.6 Å². The number of carboxylic acid groups (broad SMARTS) is 1. The average molecular weight is 742 g/mol. The maximum absolute atomic E-state index is 11.2. The number of nitrogens with two attached hydrogens (primary N) is 1. The number of nitrogens with one attached hydrogen (secondary N) is 2. The first-order chi connectivity index (χ1) is 24.1. The van der Waals surface area contributed by atoms with Crippen LogP contribution < -0.4 is 21.3 Å². The molecule has 2 aromatic rings. The maximum atomic E-state index is 11.2. The molecule has 0 spiro atoms. The van der Waals surface area contributed by atoms with E-state index in [9.17, 15) is 23.5 Å². The van der Waals surface area contributed by atoms with E-state index in [1.807, 2.05) is 13.8 Å². The highest BCUT2D eigenvalue weighted by Gasteiger charge is 2.41. The summed E-state index contributed by atoms with van der Waals surface area (Å²) in [5.74, 6) is -1.33. The minimum Gasteiger partial charge on any atom is -0.477 e. The van der Waals surface area contributed by atoms with E-state index in [4.69, 9.17) is 21.7 Å². The summed E-state index contributed by atoms with van der Waals surface area (Å²) in [4.78, 5) is 32.7. The van der Waals surface area contributed by atoms with Crippen molar-refractivity contribution in [3.05, 3.63) is 35.0 Å². The Morgan fingerprint density at radius 3 is 2.29 bits per heavy atom. The summed E-state index contributed by atoms with van der Waals surface area (Å²) in [6, 6.07) is 6.85. The number of ether oxygens (including phenoxy) is 1. The van der Waals surface area contributed by atoms with Gasteiger partial charge < -0.3 is 36.2 Å². The van der Waals surface area contributed by atoms with Gasteiger partial charge in [-0.3, -0.25) is 4.90 Å². The molecule has 51 heavy (non-hydrogen) atoms. The first kappa shape index (κ1) is 43.7. The Morgan fingerprint density at radius 2 is 1.76 bits per heavy atom. The first-order valence-corrected chi connectivity index (χ1v) is 18.2. The third-order valence-electron chi connectivity index (χ3n) is 9.55. The molecule has 4 unspecified atom stereocenters. The van der Waals surface area contributed by atoms with Gasteiger partial charge in [0, 0.05) is 57.1 Å². The molecular formula is C36H58ClF2N7O5. The normalized spacial score (nSPS) is 22.8. The Kier molecular flexibility index (Phi) is 18.1. The Balaban J connectivity index is 0.000000550. The average Bonchev–Trinajstić information content (AvgIpc) is 3.09. The van der Waals surface area contributed by atoms with Crippen LogP contribution in [0.25, 0.3) is 0 Å². The number of primary amides is 1. The van der Waals surface area contributed by atoms with Crippen molar-refractivity contribution in [1.29, 1.82) is 0 Å². The Morgan fingerprint density at radius 1 is 1.14 bits per heavy atom. The Bertz CT molecular complexity index is 1380. The summed E-state index contributed by atoms with van der Waals surface area (Å²) in [5.41, 5.74) is 7.89. The smallest absolute Gasteiger partial charge is 0.404 e. The number of benzene rings is 1. The lowest BCUT2D eigenvalue weighted by Gasteiger charge is -2.47. The van der Waals surface area contributed by atoms with Gasteiger partial charge >= 0.3 is 18.0 Å². The monoisotopic (exact) mass is 741 g/mol. The number of carbonyl (C=O) groups excluding carboxylic acids is 1. The van der Waals surface area contributed by atoms with Crippen molar-refractivity contribution >= 4 is 46.8 Å². The van der Waals surface area contributed by atoms with Crippen molar-refractivity contribution in [1.82, 2.24) is 14.9 Å². The van der Waals surface area contributed by atoms with E-state index in [1.54, 1.807) is 6.20 Å². The van der Waals surface area contributed by atoms with Crippen LogP contribution in [-0.2, 0) is 9.53 Å². The lowest BCUT2D eigenvalue weighted by molar-refractivity contribution is -0.161. The molecule has 0 radical (unpaired) electrons. The standard InChI is InChI=1S/C29H43ClN6O.C3H4F2O2.C2H5NO2.C2H6/c1-4-21-15-22-13-20(3)27(23(16-21)17-22)33-28-25(30)18-31-29(34-28)32-24-5-6-26(19(2)14-24)36-9-7-35(8-10-36)11-12-37;1-3(4,5)2(6)7;1-5-2(3)4;1-2/h5-6,14,18,20-23,27,37H,4,7-13,15-17H2,1-3H3,(H2,31,32,33,34);1H3,(H,6,7);1H3,(H2,3,4);1-2H3/t20?,21?,22?,23?,27-;;;/m0.../s1. The van der Waals surface area contributed by atoms with E-state index in [0.717, 1.165) is 56.1 Å². The molecule has 15 heteroatoms. The molecular weight excluding hydrogens is 684 g/mol. The fourth-order valence-corrected chi connectivity index (χ4v) is 7.24. The highest BCUT2D eigenvalue weighted by Crippen LogP contribution is 2.47. The highest BCUT2D eigenvalue weighted by atomic mass is 35.5. The first-order valence-electron chi connectivity index (χ1n) is 17.8. The van der Waals surface area contributed by atoms with Gasteiger partial charge in [-0.05, 0) is 80.0 Å². The minimum atomic E-state index is -3.58. The van der Waals surface area contributed by atoms with Crippen molar-refractivity contribution in [2.24, 2.45) is 29.4 Å². The predicted octanol–water partition coefficient (Wildman–Crippen LogP) is 7.02. The van der Waals surface area contributed by atoms with Crippen LogP contribution in [0.4, 0.5) is 36.7 Å². The number of amides is 1. The zero-order valence-corrected chi connectivity index (χ0v) is 31.8. The SMILES string of the molecule is CC.CC(F)(F)C(=O)O.CCC1CC2CC(C)[C@H](Nc3nc(Nc4ccc(N5CCN(CCO)CC5)c(C)c4)ncc3Cl)C(C1)C2.COC(N)=O. The number of carboxylic acids is 1. The summed E-state index contributed by atoms with van der Waals surface area (Å²) >= 11 is 6.58. The second-order valence-electron chi connectivity index (χ2n) is 13.3. The van der Waals surface area contributed by atoms with Crippen LogP contribution in [0.2, 0.25) is 5.02 Å². The van der Waals surface area contributed by atoms with Crippen LogP contribution in [0, 0.1) is 30.6 Å². The maximum Gasteiger partial charge on any atom is 0.404 e. The highest BCUT2D eigenvalue weighted by molar-refractivity contribution is 6.32. The van der Waals surface area contributed by atoms with Crippen molar-refractivity contribution < 1.29 is 33.3 Å². The van der Waals surface area contributed by atoms with E-state index in [0.29, 0.717) is 35.8 Å². The number of methoxy groups -OCH3 is 1. The second-order valence-corrected chi connectivity index (χ2v) is 13.7. The van der Waals surface area contributed by atoms with E-state index < -0.39 is 18.0 Å². The zero-order valence-electron chi connectivity index (χ0n) is 31.1. The molecule has 2 heterocycles. The fraction of sp³-hybridized carbons (Fsp3) is 0.667. The number of anilines is 4. The number of fused-ring (bicyclic) bond motifs is 2. The number of aryl methyl sites for hydroxylation is 1. The number of aliphatic carboxylic acids is 1. The largest absolute Gasteiger partial charge is 0.477 e. The van der Waals surface area contributed by atoms with E-state index >= 15 is 0 Å². The second kappa shape index (κ2) is 21.1. The summed E-state index contributed by atoms with van der Waals surface area (Å²) in [5, 5.41) is 24.4. The molecule has 3 fully saturated rings. The van der Waals surface area contributed by atoms with Gasteiger partial charge in [0.1, 0.15) is 5.02 Å². The number of hydrogen-bond donors (Lipinski definition) is 5. The van der Waals surface area contributed by atoms with Crippen molar-refractivity contribution in [2.75, 3.05) is 62.0 Å². The molecule has 5 atom stereocenters. The van der Waals surface area contributed by atoms with Gasteiger partial charge in [-0.15, -0.1) is 0 Å². The van der Waals surface area contributed by atoms with Crippen LogP contribution in [0.15, 0.2) is 24.4 Å². The molecule has 1 aromatic carbocycles. The topological polar surface area (TPSA) is 166 Å². The number of hydrogen-bond acceptors (Lipinski definition) is 10. The number of halogens is 3. The number of aromatic nitrogens is 2. The molecule has 2 bridgehead atoms. The third-order valence-corrected chi connectivity index (χ3v) is 9.83. The molecule has 1 saturated heterocycles. The van der Waals surface area contributed by atoms with Crippen LogP contribution in [0.1, 0.15) is 72.3 Å². The summed E-state index contributed by atoms with van der Waals surface area (Å²) in [6.45, 7) is 16.1. The molecule has 2 aliphatic carbocycles. The van der Waals surface area contributed by atoms with Crippen LogP contribution in [0.3, 0.4) is 0 Å². The third kappa shape index (κ3) is 13.9. The van der Waals surface area contributed by atoms with Crippen molar-refractivity contribution in [3.63, 3.8) is 0 Å². The Hall–Kier alpha value is -3.49. The van der Waals surface area contributed by atoms with Gasteiger partial charge in [-0.1, -0.05) is 45.7 Å². The number of piperazine rings is 1. The lowest BCUT2D eigenvalue weighted by Crippen LogP contribution is -2.47. The van der Waals surface area contributed by atoms with Gasteiger partial charge in [0.2, 0.25) is 5.95 Å². The number of carbonyl (C=O) groups is 2. The minimum absolute atomic E-state index is 0.226. The molecule has 12 nitrogen and oxygen atoms in total. The van der Waals surface area contributed by atoms with E-state index in [2.05, 4.69) is 74.9 Å². The van der Waals surface area contributed by atoms with Crippen molar-refractivity contribution in [2.45, 2.75) is 85.6 Å². The summed E-state index contributed by atoms with van der Waals surface area (Å²) in [6.07, 6.45) is 7.59. The number of rotatable bonds is 9. The fourth-order valence-electron chi connectivity index (χ4n) is 7.09. The van der Waals surface area contributed by atoms with Gasteiger partial charge in [0.05, 0.1) is 19.9 Å². The molecule has 2 saturated carbocycles. The molecule has 6 N–H and O–H groups in total. The summed E-state index contributed by atoms with van der Waals surface area (Å²) < 4.78 is 26.4. The number of aliphatic hydroxyl groups is 1. The molecule has 1 aliphatic heterocycles. The van der Waals surface area contributed by atoms with E-state index in [1.165, 1.54) is 50.5 Å². The van der Waals surface area contributed by atoms with Crippen LogP contribution in [-0.4, -0.2) is 95.5 Å². The lowest BCUT2D eigenvalue weighted by atomic mass is 9.62. The van der Waals surface area contributed by atoms with Crippen molar-refractivity contribution in [3.8, 4) is 0 Å². The van der Waals surface area contributed by atoms with Gasteiger partial charge in [0.25, 0.3) is 0 Å². The van der Waals surface area contributed by atoms with Crippen LogP contribution in [0.5, 0.6) is 0 Å². The number of aliphatic hydroxyl groups excluding tert-OH is 1. The van der Waals surface area contributed by atoms with Gasteiger partial charge in [0.15, 0.2) is 5.82 Å². The predicted molar refractivity (Wildman–Crippen MR) is 199 cm³/mol. The van der Waals surface area contributed by atoms with Gasteiger partial charge in [-0.2, -0.15) is 13.8 Å². The number of alkyl halides is 2.